The van der Waals surface area contributed by atoms with E-state index in [-0.39, 0.29) is 11.9 Å². The number of amides is 4. The molecule has 8 nitrogen and oxygen atoms in total. The molecule has 1 fully saturated rings. The van der Waals surface area contributed by atoms with Gasteiger partial charge >= 0.3 is 12.0 Å². The number of hydrogen-bond acceptors (Lipinski definition) is 5. The van der Waals surface area contributed by atoms with E-state index in [1.165, 1.54) is 0 Å². The second-order valence-corrected chi connectivity index (χ2v) is 7.22. The highest BCUT2D eigenvalue weighted by atomic mass is 16.5. The van der Waals surface area contributed by atoms with Gasteiger partial charge in [-0.2, -0.15) is 0 Å². The number of hydrogen-bond donors (Lipinski definition) is 1. The summed E-state index contributed by atoms with van der Waals surface area (Å²) in [5, 5.41) is 2.65. The van der Waals surface area contributed by atoms with Gasteiger partial charge in [0.2, 0.25) is 0 Å². The number of imide groups is 1. The zero-order chi connectivity index (χ0) is 20.5. The number of ether oxygens (including phenoxy) is 1. The van der Waals surface area contributed by atoms with Gasteiger partial charge in [0.1, 0.15) is 12.1 Å². The van der Waals surface area contributed by atoms with Gasteiger partial charge in [-0.05, 0) is 37.8 Å². The fraction of sp³-hybridized carbons (Fsp3) is 0.500. The van der Waals surface area contributed by atoms with Crippen molar-refractivity contribution in [3.63, 3.8) is 0 Å². The van der Waals surface area contributed by atoms with Crippen LogP contribution in [0.25, 0.3) is 0 Å². The van der Waals surface area contributed by atoms with Crippen LogP contribution in [0.3, 0.4) is 0 Å². The fourth-order valence-corrected chi connectivity index (χ4v) is 3.88. The van der Waals surface area contributed by atoms with Crippen LogP contribution in [0.15, 0.2) is 24.3 Å². The quantitative estimate of drug-likeness (QED) is 0.591. The molecular weight excluding hydrogens is 362 g/mol. The fourth-order valence-electron chi connectivity index (χ4n) is 3.88. The van der Waals surface area contributed by atoms with E-state index in [4.69, 9.17) is 4.74 Å². The van der Waals surface area contributed by atoms with Crippen LogP contribution in [0, 0.1) is 0 Å². The maximum atomic E-state index is 12.6. The number of urea groups is 1. The first-order chi connectivity index (χ1) is 13.3. The number of carbonyl (C=O) groups is 4. The normalized spacial score (nSPS) is 20.2. The Bertz CT molecular complexity index is 818. The van der Waals surface area contributed by atoms with Gasteiger partial charge in [0, 0.05) is 11.7 Å². The lowest BCUT2D eigenvalue weighted by molar-refractivity contribution is -0.150. The van der Waals surface area contributed by atoms with Gasteiger partial charge in [-0.3, -0.25) is 19.3 Å². The molecule has 1 N–H and O–H groups in total. The van der Waals surface area contributed by atoms with E-state index in [9.17, 15) is 19.2 Å². The summed E-state index contributed by atoms with van der Waals surface area (Å²) in [6, 6.07) is 6.97. The minimum absolute atomic E-state index is 0.0238. The lowest BCUT2D eigenvalue weighted by Gasteiger charge is -2.23. The van der Waals surface area contributed by atoms with Gasteiger partial charge in [-0.1, -0.05) is 32.0 Å². The van der Waals surface area contributed by atoms with Crippen LogP contribution < -0.4 is 10.2 Å². The molecule has 3 rings (SSSR count). The summed E-state index contributed by atoms with van der Waals surface area (Å²) in [5.74, 6) is -1.56. The zero-order valence-electron chi connectivity index (χ0n) is 16.4. The van der Waals surface area contributed by atoms with Crippen molar-refractivity contribution in [2.45, 2.75) is 51.6 Å². The molecule has 4 amide bonds. The molecule has 2 heterocycles. The lowest BCUT2D eigenvalue weighted by Crippen LogP contribution is -2.46. The van der Waals surface area contributed by atoms with Crippen molar-refractivity contribution in [3.8, 4) is 0 Å². The van der Waals surface area contributed by atoms with Gasteiger partial charge in [0.25, 0.3) is 11.8 Å². The minimum atomic E-state index is -0.970. The Hall–Kier alpha value is -2.90. The zero-order valence-corrected chi connectivity index (χ0v) is 16.4. The molecule has 0 saturated carbocycles. The van der Waals surface area contributed by atoms with E-state index in [0.717, 1.165) is 22.6 Å². The first-order valence-corrected chi connectivity index (χ1v) is 9.52. The predicted molar refractivity (Wildman–Crippen MR) is 102 cm³/mol. The molecular formula is C20H25N3O5. The predicted octanol–water partition coefficient (Wildman–Crippen LogP) is 1.62. The molecule has 1 saturated heterocycles. The molecule has 0 unspecified atom stereocenters. The summed E-state index contributed by atoms with van der Waals surface area (Å²) in [5.41, 5.74) is 0.923. The maximum absolute atomic E-state index is 12.6. The third-order valence-corrected chi connectivity index (χ3v) is 5.57. The van der Waals surface area contributed by atoms with Crippen molar-refractivity contribution in [3.05, 3.63) is 29.8 Å². The number of para-hydroxylation sites is 1. The van der Waals surface area contributed by atoms with Crippen LogP contribution in [0.5, 0.6) is 0 Å². The van der Waals surface area contributed by atoms with Crippen LogP contribution in [-0.2, 0) is 25.5 Å². The van der Waals surface area contributed by atoms with E-state index < -0.39 is 36.6 Å². The Labute approximate surface area is 163 Å². The average Bonchev–Trinajstić information content (AvgIpc) is 3.14. The van der Waals surface area contributed by atoms with Crippen LogP contribution in [0.1, 0.15) is 39.2 Å². The smallest absolute Gasteiger partial charge is 0.326 e. The second kappa shape index (κ2) is 7.61. The van der Waals surface area contributed by atoms with Crippen molar-refractivity contribution in [2.24, 2.45) is 0 Å². The van der Waals surface area contributed by atoms with Crippen LogP contribution in [0.4, 0.5) is 10.5 Å². The Morgan fingerprint density at radius 2 is 1.89 bits per heavy atom. The van der Waals surface area contributed by atoms with Gasteiger partial charge in [-0.25, -0.2) is 4.79 Å². The summed E-state index contributed by atoms with van der Waals surface area (Å²) in [6.45, 7) is 4.59. The molecule has 1 aromatic carbocycles. The monoisotopic (exact) mass is 387 g/mol. The van der Waals surface area contributed by atoms with Crippen LogP contribution in [-0.4, -0.2) is 53.4 Å². The molecule has 0 aromatic heterocycles. The number of nitrogens with zero attached hydrogens (tertiary/aromatic N) is 2. The van der Waals surface area contributed by atoms with Crippen LogP contribution >= 0.6 is 0 Å². The average molecular weight is 387 g/mol. The molecule has 0 radical (unpaired) electrons. The van der Waals surface area contributed by atoms with E-state index in [0.29, 0.717) is 12.8 Å². The van der Waals surface area contributed by atoms with Crippen molar-refractivity contribution < 1.29 is 23.9 Å². The summed E-state index contributed by atoms with van der Waals surface area (Å²) >= 11 is 0. The van der Waals surface area contributed by atoms with Crippen LogP contribution in [0.2, 0.25) is 0 Å². The lowest BCUT2D eigenvalue weighted by atomic mass is 9.93. The van der Waals surface area contributed by atoms with Crippen molar-refractivity contribution in [1.82, 2.24) is 10.2 Å². The number of rotatable bonds is 6. The van der Waals surface area contributed by atoms with E-state index in [1.54, 1.807) is 18.7 Å². The molecule has 2 aliphatic heterocycles. The second-order valence-electron chi connectivity index (χ2n) is 7.22. The SMILES string of the molecule is CCC1(CC)NC(=O)N(CC(=O)OCC(=O)N2c3ccccc3C[C@@H]2C)C1=O. The number of nitrogens with one attached hydrogen (secondary N) is 1. The summed E-state index contributed by atoms with van der Waals surface area (Å²) in [6.07, 6.45) is 1.61. The Kier molecular flexibility index (Phi) is 5.40. The highest BCUT2D eigenvalue weighted by molar-refractivity contribution is 6.08. The molecule has 0 spiro atoms. The number of fused-ring (bicyclic) bond motifs is 1. The van der Waals surface area contributed by atoms with E-state index in [1.807, 2.05) is 31.2 Å². The number of benzene rings is 1. The van der Waals surface area contributed by atoms with Crippen molar-refractivity contribution >= 4 is 29.5 Å². The molecule has 0 aliphatic carbocycles. The molecule has 8 heteroatoms. The number of anilines is 1. The summed E-state index contributed by atoms with van der Waals surface area (Å²) < 4.78 is 5.07. The molecule has 28 heavy (non-hydrogen) atoms. The topological polar surface area (TPSA) is 96.0 Å². The molecule has 2 aliphatic rings. The van der Waals surface area contributed by atoms with Crippen molar-refractivity contribution in [1.29, 1.82) is 0 Å². The van der Waals surface area contributed by atoms with Crippen molar-refractivity contribution in [2.75, 3.05) is 18.1 Å². The molecule has 1 atom stereocenters. The largest absolute Gasteiger partial charge is 0.454 e. The molecule has 0 bridgehead atoms. The molecule has 150 valence electrons. The van der Waals surface area contributed by atoms with E-state index >= 15 is 0 Å². The third kappa shape index (κ3) is 3.34. The Morgan fingerprint density at radius 1 is 1.21 bits per heavy atom. The first-order valence-electron chi connectivity index (χ1n) is 9.52. The minimum Gasteiger partial charge on any atom is -0.454 e. The number of esters is 1. The Morgan fingerprint density at radius 3 is 2.54 bits per heavy atom. The van der Waals surface area contributed by atoms with Gasteiger partial charge in [-0.15, -0.1) is 0 Å². The summed E-state index contributed by atoms with van der Waals surface area (Å²) in [4.78, 5) is 51.8. The van der Waals surface area contributed by atoms with E-state index in [2.05, 4.69) is 5.32 Å². The highest BCUT2D eigenvalue weighted by Gasteiger charge is 2.49. The standard InChI is InChI=1S/C20H25N3O5/c1-4-20(5-2)18(26)22(19(27)21-20)11-17(25)28-12-16(24)23-13(3)10-14-8-6-7-9-15(14)23/h6-9,13H,4-5,10-12H2,1-3H3,(H,21,27)/t13-/m0/s1. The van der Waals surface area contributed by atoms with Gasteiger partial charge in [0.15, 0.2) is 6.61 Å². The van der Waals surface area contributed by atoms with Gasteiger partial charge < -0.3 is 15.0 Å². The Balaban J connectivity index is 1.59. The summed E-state index contributed by atoms with van der Waals surface area (Å²) in [7, 11) is 0. The first kappa shape index (κ1) is 19.9. The highest BCUT2D eigenvalue weighted by Crippen LogP contribution is 2.31. The molecule has 1 aromatic rings. The number of carbonyl (C=O) groups excluding carboxylic acids is 4. The maximum Gasteiger partial charge on any atom is 0.326 e. The van der Waals surface area contributed by atoms with Gasteiger partial charge in [0.05, 0.1) is 0 Å². The third-order valence-electron chi connectivity index (χ3n) is 5.57.